The lowest BCUT2D eigenvalue weighted by atomic mass is 9.33. The van der Waals surface area contributed by atoms with E-state index in [4.69, 9.17) is 4.74 Å². The standard InChI is InChI=1S/C42H70O4/c1-9-10-11-12-13-14-15-16-17-18-35(43)46-34-23-24-39(6)32(38(34,4)5)22-25-41(8)33(39)20-19-31-36-30(3)29(2)21-26-42(36,37(44)45)28-27-40(31,41)7/h19,29-30,32-34,36H,9-18,20-28H2,1-8H3,(H,44,45)/t29-,30?,32+,33-,34+,36-,39+,40-,41-,42+/m1/s1. The molecule has 46 heavy (non-hydrogen) atoms. The van der Waals surface area contributed by atoms with Gasteiger partial charge in [-0.15, -0.1) is 0 Å². The van der Waals surface area contributed by atoms with Gasteiger partial charge in [-0.3, -0.25) is 9.59 Å². The fourth-order valence-electron chi connectivity index (χ4n) is 12.8. The van der Waals surface area contributed by atoms with Crippen molar-refractivity contribution >= 4 is 11.9 Å². The summed E-state index contributed by atoms with van der Waals surface area (Å²) in [7, 11) is 0. The Bertz CT molecular complexity index is 1140. The Kier molecular flexibility index (Phi) is 10.6. The second-order valence-corrected chi connectivity index (χ2v) is 18.5. The monoisotopic (exact) mass is 639 g/mol. The SMILES string of the molecule is CCCCCCCCCCCC(=O)O[C@H]1CC[C@]2(C)[C@H]3CC=C4[C@H]5C(C)[C@H](C)CC[C@]5(C(=O)O)CC[C@@]4(C)[C@]3(C)CC[C@H]2C1(C)C. The number of carboxylic acid groups (broad SMARTS) is 1. The van der Waals surface area contributed by atoms with Crippen molar-refractivity contribution < 1.29 is 19.4 Å². The molecule has 0 aliphatic heterocycles. The molecule has 5 aliphatic rings. The van der Waals surface area contributed by atoms with E-state index in [1.165, 1.54) is 63.4 Å². The quantitative estimate of drug-likeness (QED) is 0.131. The van der Waals surface area contributed by atoms with Gasteiger partial charge in [0.2, 0.25) is 0 Å². The Labute approximate surface area is 282 Å². The van der Waals surface area contributed by atoms with Crippen molar-refractivity contribution in [1.29, 1.82) is 0 Å². The lowest BCUT2D eigenvalue weighted by Gasteiger charge is -2.71. The molecule has 4 saturated carbocycles. The van der Waals surface area contributed by atoms with Gasteiger partial charge in [0.1, 0.15) is 6.10 Å². The van der Waals surface area contributed by atoms with E-state index < -0.39 is 11.4 Å². The van der Waals surface area contributed by atoms with E-state index >= 15 is 0 Å². The third-order valence-electron chi connectivity index (χ3n) is 16.1. The van der Waals surface area contributed by atoms with E-state index in [-0.39, 0.29) is 39.7 Å². The summed E-state index contributed by atoms with van der Waals surface area (Å²) in [5.41, 5.74) is 1.27. The molecule has 0 saturated heterocycles. The Morgan fingerprint density at radius 1 is 0.804 bits per heavy atom. The molecular weight excluding hydrogens is 568 g/mol. The molecule has 10 atom stereocenters. The van der Waals surface area contributed by atoms with Gasteiger partial charge >= 0.3 is 11.9 Å². The minimum atomic E-state index is -0.584. The number of carboxylic acids is 1. The molecule has 4 nitrogen and oxygen atoms in total. The molecule has 0 aromatic carbocycles. The number of hydrogen-bond donors (Lipinski definition) is 1. The number of hydrogen-bond acceptors (Lipinski definition) is 3. The molecule has 0 heterocycles. The number of carbonyl (C=O) groups excluding carboxylic acids is 1. The van der Waals surface area contributed by atoms with Crippen LogP contribution in [0.25, 0.3) is 0 Å². The smallest absolute Gasteiger partial charge is 0.310 e. The van der Waals surface area contributed by atoms with E-state index in [2.05, 4.69) is 61.5 Å². The van der Waals surface area contributed by atoms with Crippen molar-refractivity contribution in [1.82, 2.24) is 0 Å². The van der Waals surface area contributed by atoms with Crippen LogP contribution in [0, 0.1) is 56.7 Å². The van der Waals surface area contributed by atoms with Crippen LogP contribution in [0.1, 0.15) is 177 Å². The van der Waals surface area contributed by atoms with Crippen LogP contribution < -0.4 is 0 Å². The average molecular weight is 639 g/mol. The molecule has 1 unspecified atom stereocenters. The van der Waals surface area contributed by atoms with Gasteiger partial charge in [0.05, 0.1) is 5.41 Å². The molecule has 0 amide bonds. The zero-order chi connectivity index (χ0) is 33.5. The first-order valence-corrected chi connectivity index (χ1v) is 19.8. The third-order valence-corrected chi connectivity index (χ3v) is 16.1. The van der Waals surface area contributed by atoms with Crippen LogP contribution in [0.2, 0.25) is 0 Å². The van der Waals surface area contributed by atoms with Gasteiger partial charge < -0.3 is 9.84 Å². The minimum Gasteiger partial charge on any atom is -0.481 e. The van der Waals surface area contributed by atoms with Crippen LogP contribution in [-0.2, 0) is 14.3 Å². The van der Waals surface area contributed by atoms with Gasteiger partial charge in [0, 0.05) is 11.8 Å². The molecular formula is C42H70O4. The van der Waals surface area contributed by atoms with E-state index in [0.29, 0.717) is 30.1 Å². The molecule has 4 fully saturated rings. The van der Waals surface area contributed by atoms with Gasteiger partial charge in [0.25, 0.3) is 0 Å². The maximum absolute atomic E-state index is 13.1. The lowest BCUT2D eigenvalue weighted by molar-refractivity contribution is -0.214. The third kappa shape index (κ3) is 5.84. The van der Waals surface area contributed by atoms with Crippen LogP contribution in [-0.4, -0.2) is 23.1 Å². The normalized spacial score (nSPS) is 42.9. The average Bonchev–Trinajstić information content (AvgIpc) is 2.99. The molecule has 4 heteroatoms. The Morgan fingerprint density at radius 3 is 2.11 bits per heavy atom. The predicted octanol–water partition coefficient (Wildman–Crippen LogP) is 11.6. The number of rotatable bonds is 12. The van der Waals surface area contributed by atoms with Crippen LogP contribution >= 0.6 is 0 Å². The molecule has 0 aromatic rings. The van der Waals surface area contributed by atoms with Crippen LogP contribution in [0.5, 0.6) is 0 Å². The van der Waals surface area contributed by atoms with E-state index in [0.717, 1.165) is 57.8 Å². The summed E-state index contributed by atoms with van der Waals surface area (Å²) in [6, 6.07) is 0. The largest absolute Gasteiger partial charge is 0.481 e. The van der Waals surface area contributed by atoms with Crippen molar-refractivity contribution in [3.63, 3.8) is 0 Å². The maximum Gasteiger partial charge on any atom is 0.310 e. The number of fused-ring (bicyclic) bond motifs is 7. The number of aliphatic carboxylic acids is 1. The molecule has 0 aromatic heterocycles. The summed E-state index contributed by atoms with van der Waals surface area (Å²) in [4.78, 5) is 26.1. The first kappa shape index (κ1) is 36.0. The zero-order valence-electron chi connectivity index (χ0n) is 31.1. The van der Waals surface area contributed by atoms with Gasteiger partial charge in [-0.2, -0.15) is 0 Å². The van der Waals surface area contributed by atoms with Crippen LogP contribution in [0.3, 0.4) is 0 Å². The fraction of sp³-hybridized carbons (Fsp3) is 0.905. The minimum absolute atomic E-state index is 0.00159. The van der Waals surface area contributed by atoms with Crippen LogP contribution in [0.4, 0.5) is 0 Å². The highest BCUT2D eigenvalue weighted by Crippen LogP contribution is 2.75. The predicted molar refractivity (Wildman–Crippen MR) is 188 cm³/mol. The first-order valence-electron chi connectivity index (χ1n) is 19.8. The highest BCUT2D eigenvalue weighted by Gasteiger charge is 2.69. The van der Waals surface area contributed by atoms with Crippen LogP contribution in [0.15, 0.2) is 11.6 Å². The summed E-state index contributed by atoms with van der Waals surface area (Å²) in [5.74, 6) is 1.69. The molecule has 0 spiro atoms. The summed E-state index contributed by atoms with van der Waals surface area (Å²) in [6.45, 7) is 19.5. The van der Waals surface area contributed by atoms with E-state index in [9.17, 15) is 14.7 Å². The van der Waals surface area contributed by atoms with Gasteiger partial charge in [-0.05, 0) is 110 Å². The molecule has 262 valence electrons. The Balaban J connectivity index is 1.26. The van der Waals surface area contributed by atoms with E-state index in [1.54, 1.807) is 0 Å². The molecule has 1 N–H and O–H groups in total. The van der Waals surface area contributed by atoms with Crippen molar-refractivity contribution in [3.05, 3.63) is 11.6 Å². The van der Waals surface area contributed by atoms with Crippen molar-refractivity contribution in [3.8, 4) is 0 Å². The Hall–Kier alpha value is -1.32. The van der Waals surface area contributed by atoms with Crippen molar-refractivity contribution in [2.45, 2.75) is 183 Å². The van der Waals surface area contributed by atoms with Crippen molar-refractivity contribution in [2.75, 3.05) is 0 Å². The second kappa shape index (κ2) is 13.5. The highest BCUT2D eigenvalue weighted by molar-refractivity contribution is 5.76. The van der Waals surface area contributed by atoms with Gasteiger partial charge in [0.15, 0.2) is 0 Å². The maximum atomic E-state index is 13.1. The summed E-state index contributed by atoms with van der Waals surface area (Å²) in [5, 5.41) is 10.7. The summed E-state index contributed by atoms with van der Waals surface area (Å²) < 4.78 is 6.35. The summed E-state index contributed by atoms with van der Waals surface area (Å²) in [6.07, 6.45) is 23.7. The number of ether oxygens (including phenoxy) is 1. The Morgan fingerprint density at radius 2 is 1.46 bits per heavy atom. The van der Waals surface area contributed by atoms with Crippen molar-refractivity contribution in [2.24, 2.45) is 56.7 Å². The number of carbonyl (C=O) groups is 2. The first-order chi connectivity index (χ1) is 21.7. The highest BCUT2D eigenvalue weighted by atomic mass is 16.5. The molecule has 5 rings (SSSR count). The second-order valence-electron chi connectivity index (χ2n) is 18.5. The topological polar surface area (TPSA) is 63.6 Å². The van der Waals surface area contributed by atoms with Gasteiger partial charge in [-0.25, -0.2) is 0 Å². The fourth-order valence-corrected chi connectivity index (χ4v) is 12.8. The molecule has 0 bridgehead atoms. The zero-order valence-corrected chi connectivity index (χ0v) is 31.1. The molecule has 0 radical (unpaired) electrons. The number of esters is 1. The number of unbranched alkanes of at least 4 members (excludes halogenated alkanes) is 8. The summed E-state index contributed by atoms with van der Waals surface area (Å²) >= 11 is 0. The molecule has 5 aliphatic carbocycles. The van der Waals surface area contributed by atoms with E-state index in [1.807, 2.05) is 0 Å². The lowest BCUT2D eigenvalue weighted by Crippen LogP contribution is -2.65. The number of allylic oxidation sites excluding steroid dienone is 2. The van der Waals surface area contributed by atoms with Gasteiger partial charge in [-0.1, -0.05) is 118 Å².